The Bertz CT molecular complexity index is 272. The van der Waals surface area contributed by atoms with E-state index in [1.54, 1.807) is 12.1 Å². The molecule has 4 heteroatoms. The van der Waals surface area contributed by atoms with Crippen molar-refractivity contribution < 1.29 is 9.21 Å². The number of hydrogen-bond donors (Lipinski definition) is 1. The Morgan fingerprint density at radius 3 is 3.07 bits per heavy atom. The van der Waals surface area contributed by atoms with E-state index >= 15 is 0 Å². The van der Waals surface area contributed by atoms with Gasteiger partial charge in [-0.25, -0.2) is 0 Å². The molecule has 1 aromatic heterocycles. The van der Waals surface area contributed by atoms with E-state index in [1.165, 1.54) is 6.26 Å². The van der Waals surface area contributed by atoms with Gasteiger partial charge in [-0.3, -0.25) is 4.79 Å². The summed E-state index contributed by atoms with van der Waals surface area (Å²) < 4.78 is 4.98. The van der Waals surface area contributed by atoms with E-state index in [2.05, 4.69) is 12.2 Å². The summed E-state index contributed by atoms with van der Waals surface area (Å²) >= 11 is 1.81. The SMILES string of the molecule is CCSCC(C)NC(=O)c1ccco1. The van der Waals surface area contributed by atoms with Gasteiger partial charge in [0.1, 0.15) is 0 Å². The Morgan fingerprint density at radius 2 is 2.50 bits per heavy atom. The highest BCUT2D eigenvalue weighted by Gasteiger charge is 2.11. The van der Waals surface area contributed by atoms with Crippen molar-refractivity contribution in [1.29, 1.82) is 0 Å². The van der Waals surface area contributed by atoms with Crippen LogP contribution >= 0.6 is 11.8 Å². The number of thioether (sulfide) groups is 1. The lowest BCUT2D eigenvalue weighted by molar-refractivity contribution is 0.0916. The first-order valence-corrected chi connectivity index (χ1v) is 5.81. The summed E-state index contributed by atoms with van der Waals surface area (Å²) in [5, 5.41) is 2.86. The molecule has 1 amide bonds. The highest BCUT2D eigenvalue weighted by atomic mass is 32.2. The molecule has 1 atom stereocenters. The third-order valence-electron chi connectivity index (χ3n) is 1.69. The molecule has 1 unspecified atom stereocenters. The molecule has 1 rings (SSSR count). The quantitative estimate of drug-likeness (QED) is 0.815. The van der Waals surface area contributed by atoms with Gasteiger partial charge in [-0.2, -0.15) is 11.8 Å². The van der Waals surface area contributed by atoms with Gasteiger partial charge in [-0.1, -0.05) is 6.92 Å². The Hall–Kier alpha value is -0.900. The van der Waals surface area contributed by atoms with Crippen LogP contribution in [0.15, 0.2) is 22.8 Å². The van der Waals surface area contributed by atoms with Crippen LogP contribution in [0.25, 0.3) is 0 Å². The molecular weight excluding hydrogens is 198 g/mol. The molecule has 1 N–H and O–H groups in total. The first-order chi connectivity index (χ1) is 6.74. The topological polar surface area (TPSA) is 42.2 Å². The van der Waals surface area contributed by atoms with Crippen molar-refractivity contribution in [2.75, 3.05) is 11.5 Å². The zero-order chi connectivity index (χ0) is 10.4. The predicted octanol–water partition coefficient (Wildman–Crippen LogP) is 2.15. The zero-order valence-electron chi connectivity index (χ0n) is 8.45. The maximum atomic E-state index is 11.5. The molecule has 0 aliphatic heterocycles. The molecule has 78 valence electrons. The Balaban J connectivity index is 2.34. The number of amides is 1. The van der Waals surface area contributed by atoms with Gasteiger partial charge in [0, 0.05) is 11.8 Å². The maximum Gasteiger partial charge on any atom is 0.287 e. The van der Waals surface area contributed by atoms with E-state index in [9.17, 15) is 4.79 Å². The van der Waals surface area contributed by atoms with Crippen molar-refractivity contribution in [1.82, 2.24) is 5.32 Å². The average Bonchev–Trinajstić information content (AvgIpc) is 2.67. The number of carbonyl (C=O) groups excluding carboxylic acids is 1. The number of nitrogens with one attached hydrogen (secondary N) is 1. The average molecular weight is 213 g/mol. The lowest BCUT2D eigenvalue weighted by Gasteiger charge is -2.11. The molecule has 0 spiro atoms. The van der Waals surface area contributed by atoms with Crippen molar-refractivity contribution in [3.8, 4) is 0 Å². The summed E-state index contributed by atoms with van der Waals surface area (Å²) in [4.78, 5) is 11.5. The van der Waals surface area contributed by atoms with E-state index in [1.807, 2.05) is 18.7 Å². The highest BCUT2D eigenvalue weighted by molar-refractivity contribution is 7.99. The molecule has 0 aromatic carbocycles. The second-order valence-electron chi connectivity index (χ2n) is 3.01. The molecule has 1 aromatic rings. The minimum atomic E-state index is -0.140. The lowest BCUT2D eigenvalue weighted by atomic mass is 10.3. The third kappa shape index (κ3) is 3.46. The Morgan fingerprint density at radius 1 is 1.71 bits per heavy atom. The first kappa shape index (κ1) is 11.2. The van der Waals surface area contributed by atoms with E-state index in [0.717, 1.165) is 11.5 Å². The Labute approximate surface area is 88.2 Å². The standard InChI is InChI=1S/C10H15NO2S/c1-3-14-7-8(2)11-10(12)9-5-4-6-13-9/h4-6,8H,3,7H2,1-2H3,(H,11,12). The largest absolute Gasteiger partial charge is 0.459 e. The fraction of sp³-hybridized carbons (Fsp3) is 0.500. The second-order valence-corrected chi connectivity index (χ2v) is 4.33. The van der Waals surface area contributed by atoms with Crippen molar-refractivity contribution in [3.05, 3.63) is 24.2 Å². The van der Waals surface area contributed by atoms with Crippen LogP contribution in [-0.2, 0) is 0 Å². The van der Waals surface area contributed by atoms with Crippen molar-refractivity contribution in [3.63, 3.8) is 0 Å². The summed E-state index contributed by atoms with van der Waals surface area (Å²) in [5.74, 6) is 2.24. The van der Waals surface area contributed by atoms with Crippen molar-refractivity contribution in [2.45, 2.75) is 19.9 Å². The fourth-order valence-corrected chi connectivity index (χ4v) is 1.71. The van der Waals surface area contributed by atoms with Crippen LogP contribution in [0, 0.1) is 0 Å². The molecule has 0 bridgehead atoms. The van der Waals surface area contributed by atoms with Gasteiger partial charge in [0.2, 0.25) is 0 Å². The van der Waals surface area contributed by atoms with Crippen LogP contribution in [0.4, 0.5) is 0 Å². The minimum Gasteiger partial charge on any atom is -0.459 e. The molecule has 3 nitrogen and oxygen atoms in total. The summed E-state index contributed by atoms with van der Waals surface area (Å²) in [7, 11) is 0. The van der Waals surface area contributed by atoms with Crippen LogP contribution in [-0.4, -0.2) is 23.5 Å². The van der Waals surface area contributed by atoms with E-state index in [0.29, 0.717) is 5.76 Å². The molecule has 0 saturated carbocycles. The number of hydrogen-bond acceptors (Lipinski definition) is 3. The summed E-state index contributed by atoms with van der Waals surface area (Å²) in [5.41, 5.74) is 0. The monoisotopic (exact) mass is 213 g/mol. The third-order valence-corrected chi connectivity index (χ3v) is 2.84. The van der Waals surface area contributed by atoms with E-state index < -0.39 is 0 Å². The van der Waals surface area contributed by atoms with Crippen LogP contribution in [0.2, 0.25) is 0 Å². The van der Waals surface area contributed by atoms with Gasteiger partial charge < -0.3 is 9.73 Å². The minimum absolute atomic E-state index is 0.140. The lowest BCUT2D eigenvalue weighted by Crippen LogP contribution is -2.34. The van der Waals surface area contributed by atoms with Gasteiger partial charge in [0.15, 0.2) is 5.76 Å². The van der Waals surface area contributed by atoms with E-state index in [-0.39, 0.29) is 11.9 Å². The second kappa shape index (κ2) is 5.75. The van der Waals surface area contributed by atoms with E-state index in [4.69, 9.17) is 4.42 Å². The van der Waals surface area contributed by atoms with Gasteiger partial charge in [0.05, 0.1) is 6.26 Å². The summed E-state index contributed by atoms with van der Waals surface area (Å²) in [6.07, 6.45) is 1.50. The highest BCUT2D eigenvalue weighted by Crippen LogP contribution is 2.04. The molecule has 0 radical (unpaired) electrons. The number of carbonyl (C=O) groups is 1. The molecule has 1 heterocycles. The summed E-state index contributed by atoms with van der Waals surface area (Å²) in [6.45, 7) is 4.09. The van der Waals surface area contributed by atoms with Gasteiger partial charge in [-0.05, 0) is 24.8 Å². The Kier molecular flexibility index (Phi) is 4.59. The predicted molar refractivity (Wildman–Crippen MR) is 58.6 cm³/mol. The maximum absolute atomic E-state index is 11.5. The molecular formula is C10H15NO2S. The fourth-order valence-electron chi connectivity index (χ4n) is 1.04. The molecule has 0 fully saturated rings. The first-order valence-electron chi connectivity index (χ1n) is 4.66. The zero-order valence-corrected chi connectivity index (χ0v) is 9.26. The van der Waals surface area contributed by atoms with Gasteiger partial charge in [0.25, 0.3) is 5.91 Å². The van der Waals surface area contributed by atoms with Crippen LogP contribution in [0.3, 0.4) is 0 Å². The van der Waals surface area contributed by atoms with Crippen molar-refractivity contribution in [2.24, 2.45) is 0 Å². The van der Waals surface area contributed by atoms with Crippen molar-refractivity contribution >= 4 is 17.7 Å². The van der Waals surface area contributed by atoms with Crippen LogP contribution in [0.5, 0.6) is 0 Å². The smallest absolute Gasteiger partial charge is 0.287 e. The molecule has 14 heavy (non-hydrogen) atoms. The molecule has 0 aliphatic carbocycles. The van der Waals surface area contributed by atoms with Gasteiger partial charge in [-0.15, -0.1) is 0 Å². The normalized spacial score (nSPS) is 12.4. The number of rotatable bonds is 5. The van der Waals surface area contributed by atoms with Crippen LogP contribution < -0.4 is 5.32 Å². The number of furan rings is 1. The summed E-state index contributed by atoms with van der Waals surface area (Å²) in [6, 6.07) is 3.55. The van der Waals surface area contributed by atoms with Gasteiger partial charge >= 0.3 is 0 Å². The molecule has 0 saturated heterocycles. The molecule has 0 aliphatic rings. The van der Waals surface area contributed by atoms with Crippen LogP contribution in [0.1, 0.15) is 24.4 Å².